The molecule has 1 saturated carbocycles. The van der Waals surface area contributed by atoms with Crippen molar-refractivity contribution in [3.63, 3.8) is 0 Å². The number of carboxylic acids is 1. The average molecular weight is 494 g/mol. The number of halogens is 3. The van der Waals surface area contributed by atoms with Gasteiger partial charge in [-0.05, 0) is 42.7 Å². The molecule has 1 aliphatic rings. The number of nitrogens with zero attached hydrogens (tertiary/aromatic N) is 1. The Balaban J connectivity index is 1.53. The molecule has 6 nitrogen and oxygen atoms in total. The molecule has 0 radical (unpaired) electrons. The predicted octanol–water partition coefficient (Wildman–Crippen LogP) is 6.94. The number of aromatic nitrogens is 1. The molecule has 4 aromatic rings. The highest BCUT2D eigenvalue weighted by Crippen LogP contribution is 2.38. The molecule has 0 amide bonds. The van der Waals surface area contributed by atoms with E-state index >= 15 is 0 Å². The Kier molecular flexibility index (Phi) is 5.99. The summed E-state index contributed by atoms with van der Waals surface area (Å²) < 4.78 is 44.9. The minimum atomic E-state index is -4.51. The summed E-state index contributed by atoms with van der Waals surface area (Å²) in [5, 5.41) is 12.5. The van der Waals surface area contributed by atoms with Crippen LogP contribution in [0.4, 0.5) is 24.9 Å². The lowest BCUT2D eigenvalue weighted by Crippen LogP contribution is -2.25. The second-order valence-corrected chi connectivity index (χ2v) is 8.80. The molecule has 0 bridgehead atoms. The molecule has 1 fully saturated rings. The smallest absolute Gasteiger partial charge is 0.416 e. The summed E-state index contributed by atoms with van der Waals surface area (Å²) in [6.07, 6.45) is -2.87. The van der Waals surface area contributed by atoms with Gasteiger partial charge < -0.3 is 14.8 Å². The van der Waals surface area contributed by atoms with Crippen LogP contribution in [-0.2, 0) is 11.0 Å². The van der Waals surface area contributed by atoms with E-state index in [2.05, 4.69) is 10.3 Å². The largest absolute Gasteiger partial charge is 0.481 e. The van der Waals surface area contributed by atoms with E-state index in [1.807, 2.05) is 30.3 Å². The molecule has 1 heterocycles. The number of oxazole rings is 1. The highest BCUT2D eigenvalue weighted by atomic mass is 19.4. The molecular weight excluding hydrogens is 473 g/mol. The zero-order valence-corrected chi connectivity index (χ0v) is 18.9. The number of Topliss-reactive ketones (excluding diaryl/α,β-unsaturated/α-hetero) is 1. The Morgan fingerprint density at radius 3 is 2.44 bits per heavy atom. The van der Waals surface area contributed by atoms with Gasteiger partial charge in [-0.1, -0.05) is 48.9 Å². The van der Waals surface area contributed by atoms with Crippen LogP contribution in [0.1, 0.15) is 35.2 Å². The van der Waals surface area contributed by atoms with Gasteiger partial charge in [0, 0.05) is 17.0 Å². The summed E-state index contributed by atoms with van der Waals surface area (Å²) in [5.41, 5.74) is 1.72. The SMILES string of the molecule is O=C(O)[C@@H]1CCC[C@H]1C(=O)c1ccc(-c2ccccc2)c(Nc2nc3cc(C(F)(F)F)ccc3o2)c1. The van der Waals surface area contributed by atoms with E-state index in [9.17, 15) is 27.9 Å². The monoisotopic (exact) mass is 494 g/mol. The predicted molar refractivity (Wildman–Crippen MR) is 127 cm³/mol. The number of benzene rings is 3. The number of nitrogens with one attached hydrogen (secondary N) is 1. The Morgan fingerprint density at radius 1 is 0.972 bits per heavy atom. The van der Waals surface area contributed by atoms with E-state index in [0.29, 0.717) is 36.1 Å². The van der Waals surface area contributed by atoms with E-state index in [-0.39, 0.29) is 22.9 Å². The van der Waals surface area contributed by atoms with Gasteiger partial charge in [0.05, 0.1) is 17.2 Å². The highest BCUT2D eigenvalue weighted by molar-refractivity contribution is 6.02. The highest BCUT2D eigenvalue weighted by Gasteiger charge is 2.38. The Hall–Kier alpha value is -4.14. The van der Waals surface area contributed by atoms with Crippen molar-refractivity contribution >= 4 is 34.6 Å². The van der Waals surface area contributed by atoms with Crippen molar-refractivity contribution in [3.05, 3.63) is 77.9 Å². The van der Waals surface area contributed by atoms with Crippen molar-refractivity contribution < 1.29 is 32.3 Å². The lowest BCUT2D eigenvalue weighted by atomic mass is 9.87. The van der Waals surface area contributed by atoms with Crippen LogP contribution in [0, 0.1) is 11.8 Å². The fourth-order valence-corrected chi connectivity index (χ4v) is 4.73. The van der Waals surface area contributed by atoms with E-state index in [4.69, 9.17) is 4.42 Å². The number of fused-ring (bicyclic) bond motifs is 1. The minimum Gasteiger partial charge on any atom is -0.481 e. The number of hydrogen-bond donors (Lipinski definition) is 2. The topological polar surface area (TPSA) is 92.4 Å². The quantitative estimate of drug-likeness (QED) is 0.282. The summed E-state index contributed by atoms with van der Waals surface area (Å²) >= 11 is 0. The van der Waals surface area contributed by atoms with Crippen molar-refractivity contribution in [2.45, 2.75) is 25.4 Å². The van der Waals surface area contributed by atoms with Crippen LogP contribution in [-0.4, -0.2) is 21.8 Å². The second-order valence-electron chi connectivity index (χ2n) is 8.80. The minimum absolute atomic E-state index is 0.0321. The van der Waals surface area contributed by atoms with Gasteiger partial charge in [0.1, 0.15) is 5.52 Å². The molecule has 3 aromatic carbocycles. The third-order valence-corrected chi connectivity index (χ3v) is 6.52. The Labute approximate surface area is 203 Å². The fraction of sp³-hybridized carbons (Fsp3) is 0.222. The maximum absolute atomic E-state index is 13.2. The zero-order chi connectivity index (χ0) is 25.4. The van der Waals surface area contributed by atoms with Crippen LogP contribution >= 0.6 is 0 Å². The van der Waals surface area contributed by atoms with Crippen molar-refractivity contribution in [2.75, 3.05) is 5.32 Å². The number of anilines is 2. The number of hydrogen-bond acceptors (Lipinski definition) is 5. The number of carboxylic acid groups (broad SMARTS) is 1. The van der Waals surface area contributed by atoms with Crippen molar-refractivity contribution in [1.82, 2.24) is 4.98 Å². The van der Waals surface area contributed by atoms with Crippen LogP contribution in [0.5, 0.6) is 0 Å². The molecule has 0 unspecified atom stereocenters. The molecule has 0 spiro atoms. The third kappa shape index (κ3) is 4.56. The van der Waals surface area contributed by atoms with E-state index in [0.717, 1.165) is 17.7 Å². The number of ketones is 1. The van der Waals surface area contributed by atoms with Crippen LogP contribution in [0.2, 0.25) is 0 Å². The van der Waals surface area contributed by atoms with Crippen LogP contribution in [0.15, 0.2) is 71.1 Å². The summed E-state index contributed by atoms with van der Waals surface area (Å²) in [5.74, 6) is -2.56. The molecule has 0 aliphatic heterocycles. The van der Waals surface area contributed by atoms with E-state index < -0.39 is 29.5 Å². The maximum atomic E-state index is 13.2. The second kappa shape index (κ2) is 9.14. The number of alkyl halides is 3. The number of carbonyl (C=O) groups excluding carboxylic acids is 1. The van der Waals surface area contributed by atoms with Gasteiger partial charge in [0.2, 0.25) is 0 Å². The lowest BCUT2D eigenvalue weighted by Gasteiger charge is -2.17. The molecule has 5 rings (SSSR count). The molecule has 184 valence electrons. The molecule has 2 atom stereocenters. The number of rotatable bonds is 6. The molecular formula is C27H21F3N2O4. The first kappa shape index (κ1) is 23.6. The Bertz CT molecular complexity index is 1450. The molecule has 2 N–H and O–H groups in total. The van der Waals surface area contributed by atoms with Gasteiger partial charge in [-0.2, -0.15) is 18.2 Å². The number of aliphatic carboxylic acids is 1. The maximum Gasteiger partial charge on any atom is 0.416 e. The van der Waals surface area contributed by atoms with E-state index in [1.165, 1.54) is 6.07 Å². The van der Waals surface area contributed by atoms with E-state index in [1.54, 1.807) is 18.2 Å². The first-order chi connectivity index (χ1) is 17.2. The van der Waals surface area contributed by atoms with Gasteiger partial charge in [0.25, 0.3) is 6.01 Å². The lowest BCUT2D eigenvalue weighted by molar-refractivity contribution is -0.142. The van der Waals surface area contributed by atoms with Gasteiger partial charge in [0.15, 0.2) is 11.4 Å². The van der Waals surface area contributed by atoms with Gasteiger partial charge in [-0.25, -0.2) is 0 Å². The first-order valence-electron chi connectivity index (χ1n) is 11.4. The third-order valence-electron chi connectivity index (χ3n) is 6.52. The molecule has 1 aliphatic carbocycles. The van der Waals surface area contributed by atoms with Gasteiger partial charge in [-0.15, -0.1) is 0 Å². The summed E-state index contributed by atoms with van der Waals surface area (Å²) in [4.78, 5) is 29.0. The first-order valence-corrected chi connectivity index (χ1v) is 11.4. The van der Waals surface area contributed by atoms with Crippen LogP contribution in [0.3, 0.4) is 0 Å². The summed E-state index contributed by atoms with van der Waals surface area (Å²) in [7, 11) is 0. The van der Waals surface area contributed by atoms with Crippen molar-refractivity contribution in [3.8, 4) is 11.1 Å². The van der Waals surface area contributed by atoms with Crippen molar-refractivity contribution in [1.29, 1.82) is 0 Å². The number of carbonyl (C=O) groups is 2. The summed E-state index contributed by atoms with van der Waals surface area (Å²) in [6.45, 7) is 0. The molecule has 1 aromatic heterocycles. The molecule has 9 heteroatoms. The Morgan fingerprint density at radius 2 is 1.72 bits per heavy atom. The zero-order valence-electron chi connectivity index (χ0n) is 18.9. The van der Waals surface area contributed by atoms with Gasteiger partial charge >= 0.3 is 12.1 Å². The standard InChI is InChI=1S/C27H21F3N2O4/c28-27(29,30)17-10-12-23-22(14-17)32-26(36-23)31-21-13-16(9-11-18(21)15-5-2-1-3-6-15)24(33)19-7-4-8-20(19)25(34)35/h1-3,5-6,9-14,19-20H,4,7-8H2,(H,31,32)(H,34,35)/t19-,20-/m1/s1. The van der Waals surface area contributed by atoms with Crippen LogP contribution < -0.4 is 5.32 Å². The molecule has 0 saturated heterocycles. The van der Waals surface area contributed by atoms with Crippen LogP contribution in [0.25, 0.3) is 22.2 Å². The van der Waals surface area contributed by atoms with Crippen molar-refractivity contribution in [2.24, 2.45) is 11.8 Å². The normalized spacial score (nSPS) is 17.9. The average Bonchev–Trinajstić information content (AvgIpc) is 3.50. The summed E-state index contributed by atoms with van der Waals surface area (Å²) in [6, 6.07) is 17.4. The molecule has 36 heavy (non-hydrogen) atoms. The fourth-order valence-electron chi connectivity index (χ4n) is 4.73. The van der Waals surface area contributed by atoms with Gasteiger partial charge in [-0.3, -0.25) is 9.59 Å².